The number of nitrogens with one attached hydrogen (secondary N) is 1. The molecule has 0 aromatic heterocycles. The van der Waals surface area contributed by atoms with Crippen LogP contribution in [0.4, 0.5) is 5.69 Å². The molecule has 1 spiro atoms. The van der Waals surface area contributed by atoms with E-state index in [9.17, 15) is 13.2 Å². The summed E-state index contributed by atoms with van der Waals surface area (Å²) in [6.07, 6.45) is 11.3. The minimum Gasteiger partial charge on any atom is -0.490 e. The Hall–Kier alpha value is -2.67. The summed E-state index contributed by atoms with van der Waals surface area (Å²) < 4.78 is 49.9. The Bertz CT molecular complexity index is 1880. The number of rotatable bonds is 5. The molecule has 2 aliphatic carbocycles. The lowest BCUT2D eigenvalue weighted by Gasteiger charge is -2.53. The van der Waals surface area contributed by atoms with E-state index in [1.54, 1.807) is 6.07 Å². The fraction of sp³-hybridized carbons (Fsp3) is 0.651. The van der Waals surface area contributed by atoms with Crippen molar-refractivity contribution in [3.05, 3.63) is 70.3 Å². The molecule has 2 aromatic rings. The molecule has 1 saturated carbocycles. The second kappa shape index (κ2) is 15.9. The first-order chi connectivity index (χ1) is 26.5. The summed E-state index contributed by atoms with van der Waals surface area (Å²) in [6, 6.07) is 12.1. The van der Waals surface area contributed by atoms with Crippen LogP contribution >= 0.6 is 11.6 Å². The molecule has 6 aliphatic rings. The summed E-state index contributed by atoms with van der Waals surface area (Å²) in [5.74, 6) is 0.497. The summed E-state index contributed by atoms with van der Waals surface area (Å²) in [4.78, 5) is 21.4. The zero-order valence-electron chi connectivity index (χ0n) is 32.8. The van der Waals surface area contributed by atoms with E-state index in [1.807, 2.05) is 39.2 Å². The standard InChI is InChI=1S/C43H59ClN4O6S/c1-4-7-40-30(2)8-5-17-43(52-3,28-46-18-19-47-20-21-53-26-35(47)25-46)37-13-10-33(37)24-48-27-42(16-6-9-31-22-34(44)12-14-36(31)42)29-54-39-15-11-32(23-38(39)48)41(49)45-55(40,50)51/h5,11-12,14-15,17,22-23,30,33,35,37,40H,4,6-10,13,16,18-21,24-29H2,1-3H3,(H,45,49)/b17-5+/t30-,33-,35-,37+,40+,42-,43+/m0/s1. The maximum absolute atomic E-state index is 14.0. The van der Waals surface area contributed by atoms with Gasteiger partial charge in [-0.3, -0.25) is 14.6 Å². The lowest BCUT2D eigenvalue weighted by molar-refractivity contribution is -0.108. The van der Waals surface area contributed by atoms with Gasteiger partial charge in [0.15, 0.2) is 0 Å². The molecule has 7 atom stereocenters. The van der Waals surface area contributed by atoms with Crippen molar-refractivity contribution in [2.24, 2.45) is 17.8 Å². The summed E-state index contributed by atoms with van der Waals surface area (Å²) in [5, 5.41) is 0.0330. The number of hydrogen-bond acceptors (Lipinski definition) is 9. The van der Waals surface area contributed by atoms with Crippen LogP contribution in [0.5, 0.6) is 5.75 Å². The van der Waals surface area contributed by atoms with Crippen molar-refractivity contribution in [1.29, 1.82) is 0 Å². The molecule has 1 amide bonds. The Balaban J connectivity index is 1.20. The number of ether oxygens (including phenoxy) is 3. The van der Waals surface area contributed by atoms with E-state index < -0.39 is 26.8 Å². The van der Waals surface area contributed by atoms with Gasteiger partial charge in [-0.2, -0.15) is 0 Å². The third kappa shape index (κ3) is 7.70. The molecule has 4 heterocycles. The molecule has 2 saturated heterocycles. The van der Waals surface area contributed by atoms with E-state index >= 15 is 0 Å². The first-order valence-electron chi connectivity index (χ1n) is 20.7. The van der Waals surface area contributed by atoms with Crippen LogP contribution in [0.2, 0.25) is 5.02 Å². The van der Waals surface area contributed by atoms with Crippen molar-refractivity contribution in [1.82, 2.24) is 14.5 Å². The number of fused-ring (bicyclic) bond motifs is 5. The number of hydrogen-bond donors (Lipinski definition) is 1. The number of morpholine rings is 1. The third-order valence-electron chi connectivity index (χ3n) is 13.9. The quantitative estimate of drug-likeness (QED) is 0.362. The van der Waals surface area contributed by atoms with Gasteiger partial charge in [-0.1, -0.05) is 50.1 Å². The average Bonchev–Trinajstić information content (AvgIpc) is 3.31. The summed E-state index contributed by atoms with van der Waals surface area (Å²) in [7, 11) is -2.12. The smallest absolute Gasteiger partial charge is 0.264 e. The second-order valence-electron chi connectivity index (χ2n) is 17.3. The number of carbonyl (C=O) groups is 1. The predicted octanol–water partition coefficient (Wildman–Crippen LogP) is 6.07. The Morgan fingerprint density at radius 3 is 2.76 bits per heavy atom. The maximum atomic E-state index is 14.0. The fourth-order valence-electron chi connectivity index (χ4n) is 10.8. The number of amides is 1. The van der Waals surface area contributed by atoms with Crippen LogP contribution in [0.3, 0.4) is 0 Å². The van der Waals surface area contributed by atoms with E-state index in [4.69, 9.17) is 25.8 Å². The molecule has 1 N–H and O–H groups in total. The van der Waals surface area contributed by atoms with E-state index in [-0.39, 0.29) is 17.3 Å². The summed E-state index contributed by atoms with van der Waals surface area (Å²) in [5.41, 5.74) is 2.90. The minimum absolute atomic E-state index is 0.204. The first-order valence-corrected chi connectivity index (χ1v) is 22.6. The molecule has 300 valence electrons. The predicted molar refractivity (Wildman–Crippen MR) is 217 cm³/mol. The number of benzene rings is 2. The third-order valence-corrected chi connectivity index (χ3v) is 16.1. The Labute approximate surface area is 332 Å². The van der Waals surface area contributed by atoms with Crippen LogP contribution in [-0.2, 0) is 31.3 Å². The Morgan fingerprint density at radius 1 is 1.09 bits per heavy atom. The number of nitrogens with zero attached hydrogens (tertiary/aromatic N) is 3. The van der Waals surface area contributed by atoms with Crippen molar-refractivity contribution in [2.75, 3.05) is 77.6 Å². The normalized spacial score (nSPS) is 34.6. The summed E-state index contributed by atoms with van der Waals surface area (Å²) in [6.45, 7) is 12.2. The highest BCUT2D eigenvalue weighted by Gasteiger charge is 2.50. The molecule has 2 aromatic carbocycles. The van der Waals surface area contributed by atoms with Gasteiger partial charge in [0.25, 0.3) is 5.91 Å². The minimum atomic E-state index is -3.98. The molecule has 0 unspecified atom stereocenters. The maximum Gasteiger partial charge on any atom is 0.264 e. The number of sulfonamides is 1. The molecule has 12 heteroatoms. The van der Waals surface area contributed by atoms with Gasteiger partial charge in [0, 0.05) is 75.0 Å². The molecule has 3 fully saturated rings. The van der Waals surface area contributed by atoms with Gasteiger partial charge in [-0.15, -0.1) is 0 Å². The van der Waals surface area contributed by atoms with Crippen LogP contribution in [0.15, 0.2) is 48.6 Å². The van der Waals surface area contributed by atoms with E-state index in [2.05, 4.69) is 43.7 Å². The highest BCUT2D eigenvalue weighted by Crippen LogP contribution is 2.49. The van der Waals surface area contributed by atoms with E-state index in [1.165, 1.54) is 11.1 Å². The average molecular weight is 795 g/mol. The van der Waals surface area contributed by atoms with Gasteiger partial charge in [0.1, 0.15) is 11.4 Å². The van der Waals surface area contributed by atoms with Crippen molar-refractivity contribution in [2.45, 2.75) is 87.5 Å². The number of aryl methyl sites for hydroxylation is 1. The molecule has 4 aliphatic heterocycles. The lowest BCUT2D eigenvalue weighted by Crippen LogP contribution is -2.62. The van der Waals surface area contributed by atoms with Crippen LogP contribution in [-0.4, -0.2) is 114 Å². The fourth-order valence-corrected chi connectivity index (χ4v) is 12.8. The summed E-state index contributed by atoms with van der Waals surface area (Å²) >= 11 is 6.53. The Morgan fingerprint density at radius 2 is 1.96 bits per heavy atom. The topological polar surface area (TPSA) is 101 Å². The van der Waals surface area contributed by atoms with Crippen LogP contribution in [0.1, 0.15) is 80.3 Å². The van der Waals surface area contributed by atoms with Gasteiger partial charge in [0.2, 0.25) is 10.0 Å². The number of carbonyl (C=O) groups excluding carboxylic acids is 1. The van der Waals surface area contributed by atoms with Crippen LogP contribution < -0.4 is 14.4 Å². The van der Waals surface area contributed by atoms with Gasteiger partial charge in [-0.25, -0.2) is 13.1 Å². The van der Waals surface area contributed by atoms with E-state index in [0.29, 0.717) is 43.4 Å². The first kappa shape index (κ1) is 39.2. The van der Waals surface area contributed by atoms with Gasteiger partial charge in [0.05, 0.1) is 30.8 Å². The number of methoxy groups -OCH3 is 1. The second-order valence-corrected chi connectivity index (χ2v) is 19.6. The van der Waals surface area contributed by atoms with Gasteiger partial charge >= 0.3 is 0 Å². The molecular weight excluding hydrogens is 736 g/mol. The van der Waals surface area contributed by atoms with Gasteiger partial charge in [-0.05, 0) is 104 Å². The largest absolute Gasteiger partial charge is 0.490 e. The molecule has 2 bridgehead atoms. The van der Waals surface area contributed by atoms with Crippen molar-refractivity contribution >= 4 is 33.2 Å². The number of piperazine rings is 1. The van der Waals surface area contributed by atoms with Crippen LogP contribution in [0, 0.1) is 17.8 Å². The van der Waals surface area contributed by atoms with Crippen LogP contribution in [0.25, 0.3) is 0 Å². The molecule has 55 heavy (non-hydrogen) atoms. The van der Waals surface area contributed by atoms with E-state index in [0.717, 1.165) is 108 Å². The van der Waals surface area contributed by atoms with Crippen molar-refractivity contribution in [3.63, 3.8) is 0 Å². The van der Waals surface area contributed by atoms with Crippen molar-refractivity contribution < 1.29 is 27.4 Å². The number of anilines is 1. The van der Waals surface area contributed by atoms with Gasteiger partial charge < -0.3 is 19.1 Å². The molecular formula is C43H59ClN4O6S. The highest BCUT2D eigenvalue weighted by atomic mass is 35.5. The zero-order valence-corrected chi connectivity index (χ0v) is 34.4. The Kier molecular flexibility index (Phi) is 11.3. The molecule has 8 rings (SSSR count). The molecule has 0 radical (unpaired) electrons. The number of allylic oxidation sites excluding steroid dienone is 1. The lowest BCUT2D eigenvalue weighted by atomic mass is 9.63. The number of halogens is 1. The SMILES string of the molecule is CCC[C@@H]1[C@@H](C)C/C=C/[C@](CN2CCN3CCOC[C@@H]3C2)(OC)[C@@H]2CC[C@H]2CN2C[C@@]3(CCCc4cc(Cl)ccc43)COc3ccc(cc32)C(=O)NS1(=O)=O. The zero-order chi connectivity index (χ0) is 38.4. The monoisotopic (exact) mass is 794 g/mol. The van der Waals surface area contributed by atoms with Crippen molar-refractivity contribution in [3.8, 4) is 5.75 Å². The molecule has 10 nitrogen and oxygen atoms in total. The highest BCUT2D eigenvalue weighted by molar-refractivity contribution is 7.90.